The Morgan fingerprint density at radius 3 is 3.00 bits per heavy atom. The molecule has 0 unspecified atom stereocenters. The lowest BCUT2D eigenvalue weighted by Gasteiger charge is -2.28. The number of hydrogen-bond donors (Lipinski definition) is 1. The highest BCUT2D eigenvalue weighted by Gasteiger charge is 2.41. The molecule has 0 aromatic carbocycles. The van der Waals surface area contributed by atoms with Gasteiger partial charge in [-0.25, -0.2) is 4.98 Å². The van der Waals surface area contributed by atoms with Crippen LogP contribution in [0.3, 0.4) is 0 Å². The van der Waals surface area contributed by atoms with E-state index < -0.39 is 0 Å². The van der Waals surface area contributed by atoms with Crippen LogP contribution in [-0.2, 0) is 6.54 Å². The standard InChI is InChI=1S/C18H23N3S/c1-12(16-9-13-5-6-14(16)8-13)20-10-15-11-22-18(21-15)17-4-2-3-7-19-17/h2-4,7,11-14,16,20H,5-6,8-10H2,1H3/t12-,13-,14-,16+/m0/s1. The van der Waals surface area contributed by atoms with Crippen LogP contribution in [0.25, 0.3) is 10.7 Å². The summed E-state index contributed by atoms with van der Waals surface area (Å²) < 4.78 is 0. The highest BCUT2D eigenvalue weighted by molar-refractivity contribution is 7.13. The van der Waals surface area contributed by atoms with E-state index in [2.05, 4.69) is 22.6 Å². The Morgan fingerprint density at radius 2 is 2.27 bits per heavy atom. The second kappa shape index (κ2) is 6.09. The molecule has 1 N–H and O–H groups in total. The number of nitrogens with zero attached hydrogens (tertiary/aromatic N) is 2. The third-order valence-electron chi connectivity index (χ3n) is 5.48. The van der Waals surface area contributed by atoms with Crippen molar-refractivity contribution < 1.29 is 0 Å². The molecule has 0 aliphatic heterocycles. The Hall–Kier alpha value is -1.26. The Morgan fingerprint density at radius 1 is 1.32 bits per heavy atom. The molecule has 2 aromatic rings. The van der Waals surface area contributed by atoms with Crippen molar-refractivity contribution in [1.29, 1.82) is 0 Å². The van der Waals surface area contributed by atoms with Gasteiger partial charge in [0.2, 0.25) is 0 Å². The summed E-state index contributed by atoms with van der Waals surface area (Å²) in [4.78, 5) is 9.09. The van der Waals surface area contributed by atoms with Crippen molar-refractivity contribution in [2.24, 2.45) is 17.8 Å². The minimum Gasteiger partial charge on any atom is -0.308 e. The van der Waals surface area contributed by atoms with E-state index in [1.807, 2.05) is 24.4 Å². The molecule has 2 aliphatic rings. The number of fused-ring (bicyclic) bond motifs is 2. The number of pyridine rings is 1. The Balaban J connectivity index is 1.35. The zero-order valence-corrected chi connectivity index (χ0v) is 13.9. The van der Waals surface area contributed by atoms with Crippen molar-refractivity contribution in [2.75, 3.05) is 0 Å². The molecule has 2 fully saturated rings. The lowest BCUT2D eigenvalue weighted by atomic mass is 9.84. The van der Waals surface area contributed by atoms with Crippen LogP contribution in [0, 0.1) is 17.8 Å². The smallest absolute Gasteiger partial charge is 0.142 e. The zero-order chi connectivity index (χ0) is 14.9. The summed E-state index contributed by atoms with van der Waals surface area (Å²) in [5.74, 6) is 2.88. The fourth-order valence-electron chi connectivity index (χ4n) is 4.32. The maximum Gasteiger partial charge on any atom is 0.142 e. The first kappa shape index (κ1) is 14.3. The normalized spacial score (nSPS) is 28.1. The second-order valence-electron chi connectivity index (χ2n) is 6.87. The van der Waals surface area contributed by atoms with E-state index in [0.717, 1.165) is 40.7 Å². The average Bonchev–Trinajstić information content (AvgIpc) is 3.29. The fourth-order valence-corrected chi connectivity index (χ4v) is 5.11. The lowest BCUT2D eigenvalue weighted by Crippen LogP contribution is -2.35. The van der Waals surface area contributed by atoms with Crippen LogP contribution >= 0.6 is 11.3 Å². The molecule has 4 atom stereocenters. The van der Waals surface area contributed by atoms with Crippen molar-refractivity contribution in [3.8, 4) is 10.7 Å². The molecule has 4 heteroatoms. The van der Waals surface area contributed by atoms with Gasteiger partial charge in [-0.2, -0.15) is 0 Å². The summed E-state index contributed by atoms with van der Waals surface area (Å²) in [5.41, 5.74) is 2.11. The van der Waals surface area contributed by atoms with Gasteiger partial charge in [-0.05, 0) is 56.1 Å². The van der Waals surface area contributed by atoms with Gasteiger partial charge in [0.25, 0.3) is 0 Å². The first-order chi connectivity index (χ1) is 10.8. The maximum absolute atomic E-state index is 4.72. The van der Waals surface area contributed by atoms with Gasteiger partial charge in [-0.3, -0.25) is 4.98 Å². The average molecular weight is 313 g/mol. The van der Waals surface area contributed by atoms with E-state index in [1.54, 1.807) is 11.3 Å². The molecule has 22 heavy (non-hydrogen) atoms. The van der Waals surface area contributed by atoms with E-state index in [4.69, 9.17) is 4.98 Å². The zero-order valence-electron chi connectivity index (χ0n) is 13.0. The van der Waals surface area contributed by atoms with Crippen molar-refractivity contribution in [1.82, 2.24) is 15.3 Å². The highest BCUT2D eigenvalue weighted by atomic mass is 32.1. The van der Waals surface area contributed by atoms with Crippen LogP contribution in [0.15, 0.2) is 29.8 Å². The SMILES string of the molecule is C[C@H](NCc1csc(-c2ccccn2)n1)[C@H]1C[C@H]2CC[C@H]1C2. The predicted octanol–water partition coefficient (Wildman–Crippen LogP) is 4.12. The van der Waals surface area contributed by atoms with Gasteiger partial charge in [-0.1, -0.05) is 12.5 Å². The van der Waals surface area contributed by atoms with Crippen molar-refractivity contribution >= 4 is 11.3 Å². The maximum atomic E-state index is 4.72. The summed E-state index contributed by atoms with van der Waals surface area (Å²) in [6, 6.07) is 6.58. The molecule has 2 aliphatic carbocycles. The molecular weight excluding hydrogens is 290 g/mol. The fraction of sp³-hybridized carbons (Fsp3) is 0.556. The highest BCUT2D eigenvalue weighted by Crippen LogP contribution is 2.49. The molecule has 2 heterocycles. The number of hydrogen-bond acceptors (Lipinski definition) is 4. The first-order valence-corrected chi connectivity index (χ1v) is 9.27. The molecule has 0 amide bonds. The van der Waals surface area contributed by atoms with Crippen molar-refractivity contribution in [2.45, 2.75) is 45.2 Å². The molecule has 2 bridgehead atoms. The lowest BCUT2D eigenvalue weighted by molar-refractivity contribution is 0.259. The van der Waals surface area contributed by atoms with E-state index in [0.29, 0.717) is 6.04 Å². The van der Waals surface area contributed by atoms with Gasteiger partial charge in [0, 0.05) is 24.2 Å². The molecule has 0 saturated heterocycles. The second-order valence-corrected chi connectivity index (χ2v) is 7.73. The number of aromatic nitrogens is 2. The molecule has 0 spiro atoms. The monoisotopic (exact) mass is 313 g/mol. The Labute approximate surface area is 136 Å². The molecular formula is C18H23N3S. The number of rotatable bonds is 5. The number of nitrogens with one attached hydrogen (secondary N) is 1. The van der Waals surface area contributed by atoms with Gasteiger partial charge in [0.05, 0.1) is 11.4 Å². The minimum absolute atomic E-state index is 0.607. The van der Waals surface area contributed by atoms with E-state index in [-0.39, 0.29) is 0 Å². The number of thiazole rings is 1. The molecule has 2 saturated carbocycles. The summed E-state index contributed by atoms with van der Waals surface area (Å²) in [7, 11) is 0. The Kier molecular flexibility index (Phi) is 3.97. The van der Waals surface area contributed by atoms with E-state index >= 15 is 0 Å². The van der Waals surface area contributed by atoms with Crippen molar-refractivity contribution in [3.05, 3.63) is 35.5 Å². The van der Waals surface area contributed by atoms with Crippen LogP contribution in [0.5, 0.6) is 0 Å². The summed E-state index contributed by atoms with van der Waals surface area (Å²) in [6.07, 6.45) is 7.69. The summed E-state index contributed by atoms with van der Waals surface area (Å²) in [5, 5.41) is 6.89. The molecule has 0 radical (unpaired) electrons. The van der Waals surface area contributed by atoms with Gasteiger partial charge in [0.15, 0.2) is 0 Å². The molecule has 4 rings (SSSR count). The van der Waals surface area contributed by atoms with Crippen molar-refractivity contribution in [3.63, 3.8) is 0 Å². The largest absolute Gasteiger partial charge is 0.308 e. The quantitative estimate of drug-likeness (QED) is 0.902. The van der Waals surface area contributed by atoms with Crippen LogP contribution in [-0.4, -0.2) is 16.0 Å². The Bertz CT molecular complexity index is 624. The molecule has 2 aromatic heterocycles. The van der Waals surface area contributed by atoms with E-state index in [1.165, 1.54) is 25.7 Å². The minimum atomic E-state index is 0.607. The van der Waals surface area contributed by atoms with Crippen LogP contribution in [0.4, 0.5) is 0 Å². The predicted molar refractivity (Wildman–Crippen MR) is 90.6 cm³/mol. The summed E-state index contributed by atoms with van der Waals surface area (Å²) >= 11 is 1.69. The van der Waals surface area contributed by atoms with Gasteiger partial charge >= 0.3 is 0 Å². The topological polar surface area (TPSA) is 37.8 Å². The van der Waals surface area contributed by atoms with Gasteiger partial charge in [0.1, 0.15) is 5.01 Å². The third kappa shape index (κ3) is 2.82. The van der Waals surface area contributed by atoms with Crippen LogP contribution in [0.1, 0.15) is 38.3 Å². The van der Waals surface area contributed by atoms with Gasteiger partial charge in [-0.15, -0.1) is 11.3 Å². The summed E-state index contributed by atoms with van der Waals surface area (Å²) in [6.45, 7) is 3.23. The molecule has 3 nitrogen and oxygen atoms in total. The first-order valence-electron chi connectivity index (χ1n) is 8.39. The third-order valence-corrected chi connectivity index (χ3v) is 6.39. The van der Waals surface area contributed by atoms with Gasteiger partial charge < -0.3 is 5.32 Å². The molecule has 116 valence electrons. The van der Waals surface area contributed by atoms with Crippen LogP contribution < -0.4 is 5.32 Å². The van der Waals surface area contributed by atoms with E-state index in [9.17, 15) is 0 Å². The van der Waals surface area contributed by atoms with Crippen LogP contribution in [0.2, 0.25) is 0 Å².